The van der Waals surface area contributed by atoms with Crippen LogP contribution in [-0.2, 0) is 9.53 Å². The molecule has 1 aliphatic rings. The summed E-state index contributed by atoms with van der Waals surface area (Å²) >= 11 is 1.31. The number of nitrogens with zero attached hydrogens (tertiary/aromatic N) is 2. The fourth-order valence-corrected chi connectivity index (χ4v) is 3.66. The van der Waals surface area contributed by atoms with Gasteiger partial charge in [-0.1, -0.05) is 23.9 Å². The number of aromatic nitrogens is 1. The number of carbonyl (C=O) groups excluding carboxylic acids is 1. The second kappa shape index (κ2) is 7.85. The fourth-order valence-electron chi connectivity index (χ4n) is 2.87. The molecular weight excluding hydrogens is 334 g/mol. The molecule has 6 heteroatoms. The molecule has 3 rings (SSSR count). The lowest BCUT2D eigenvalue weighted by atomic mass is 10.0. The minimum Gasteiger partial charge on any atom is -0.376 e. The van der Waals surface area contributed by atoms with Gasteiger partial charge < -0.3 is 10.1 Å². The number of hydrogen-bond donors (Lipinski definition) is 1. The van der Waals surface area contributed by atoms with Gasteiger partial charge in [-0.05, 0) is 43.9 Å². The molecule has 1 saturated heterocycles. The number of amides is 1. The lowest BCUT2D eigenvalue weighted by molar-refractivity contribution is -0.119. The molecule has 1 fully saturated rings. The number of aryl methyl sites for hydroxylation is 2. The average molecular weight is 355 g/mol. The van der Waals surface area contributed by atoms with E-state index in [2.05, 4.69) is 16.4 Å². The third-order valence-electron chi connectivity index (χ3n) is 4.49. The van der Waals surface area contributed by atoms with Crippen LogP contribution in [0.15, 0.2) is 23.2 Å². The summed E-state index contributed by atoms with van der Waals surface area (Å²) in [6.07, 6.45) is 2.19. The summed E-state index contributed by atoms with van der Waals surface area (Å²) in [5, 5.41) is 13.8. The quantitative estimate of drug-likeness (QED) is 0.834. The Labute approximate surface area is 151 Å². The molecule has 130 valence electrons. The van der Waals surface area contributed by atoms with Crippen molar-refractivity contribution in [3.8, 4) is 6.07 Å². The fraction of sp³-hybridized carbons (Fsp3) is 0.421. The standard InChI is InChI=1S/C19H21N3O2S/c1-12-5-6-14-8-15(9-20)19(22-18(14)13(12)2)25-11-17(23)21-10-16-4-3-7-24-16/h5-6,8,16H,3-4,7,10-11H2,1-2H3,(H,21,23). The molecule has 0 aliphatic carbocycles. The van der Waals surface area contributed by atoms with Gasteiger partial charge >= 0.3 is 0 Å². The van der Waals surface area contributed by atoms with Crippen molar-refractivity contribution in [1.29, 1.82) is 5.26 Å². The number of thioether (sulfide) groups is 1. The Morgan fingerprint density at radius 2 is 2.32 bits per heavy atom. The normalized spacial score (nSPS) is 16.8. The van der Waals surface area contributed by atoms with Crippen molar-refractivity contribution in [3.63, 3.8) is 0 Å². The summed E-state index contributed by atoms with van der Waals surface area (Å²) in [5.41, 5.74) is 3.66. The molecule has 2 aromatic rings. The van der Waals surface area contributed by atoms with Gasteiger partial charge in [-0.25, -0.2) is 4.98 Å². The van der Waals surface area contributed by atoms with Crippen LogP contribution in [0.25, 0.3) is 10.9 Å². The minimum atomic E-state index is -0.0627. The number of fused-ring (bicyclic) bond motifs is 1. The van der Waals surface area contributed by atoms with E-state index in [0.29, 0.717) is 17.1 Å². The van der Waals surface area contributed by atoms with Crippen LogP contribution in [0.1, 0.15) is 29.5 Å². The van der Waals surface area contributed by atoms with Crippen molar-refractivity contribution in [2.24, 2.45) is 0 Å². The molecule has 1 aromatic heterocycles. The third kappa shape index (κ3) is 4.12. The van der Waals surface area contributed by atoms with Crippen LogP contribution in [0.4, 0.5) is 0 Å². The summed E-state index contributed by atoms with van der Waals surface area (Å²) in [4.78, 5) is 16.7. The van der Waals surface area contributed by atoms with E-state index in [0.717, 1.165) is 41.5 Å². The van der Waals surface area contributed by atoms with E-state index in [9.17, 15) is 10.1 Å². The summed E-state index contributed by atoms with van der Waals surface area (Å²) < 4.78 is 5.50. The predicted octanol–water partition coefficient (Wildman–Crippen LogP) is 3.11. The first kappa shape index (κ1) is 17.7. The number of hydrogen-bond acceptors (Lipinski definition) is 5. The highest BCUT2D eigenvalue weighted by Crippen LogP contribution is 2.27. The van der Waals surface area contributed by atoms with Gasteiger partial charge in [-0.15, -0.1) is 0 Å². The van der Waals surface area contributed by atoms with Gasteiger partial charge in [-0.2, -0.15) is 5.26 Å². The lowest BCUT2D eigenvalue weighted by Gasteiger charge is -2.11. The van der Waals surface area contributed by atoms with Gasteiger partial charge in [0.1, 0.15) is 11.1 Å². The Bertz CT molecular complexity index is 839. The Morgan fingerprint density at radius 3 is 3.04 bits per heavy atom. The molecule has 1 N–H and O–H groups in total. The summed E-state index contributed by atoms with van der Waals surface area (Å²) in [7, 11) is 0. The molecule has 0 radical (unpaired) electrons. The van der Waals surface area contributed by atoms with Gasteiger partial charge in [0.15, 0.2) is 0 Å². The molecule has 1 atom stereocenters. The molecule has 1 amide bonds. The zero-order chi connectivity index (χ0) is 17.8. The molecule has 2 heterocycles. The minimum absolute atomic E-state index is 0.0627. The maximum absolute atomic E-state index is 12.1. The first-order valence-electron chi connectivity index (χ1n) is 8.40. The second-order valence-electron chi connectivity index (χ2n) is 6.26. The Balaban J connectivity index is 1.70. The van der Waals surface area contributed by atoms with Crippen molar-refractivity contribution in [2.75, 3.05) is 18.9 Å². The smallest absolute Gasteiger partial charge is 0.230 e. The highest BCUT2D eigenvalue weighted by atomic mass is 32.2. The van der Waals surface area contributed by atoms with Crippen molar-refractivity contribution in [1.82, 2.24) is 10.3 Å². The SMILES string of the molecule is Cc1ccc2cc(C#N)c(SCC(=O)NCC3CCCO3)nc2c1C. The van der Waals surface area contributed by atoms with Crippen molar-refractivity contribution >= 4 is 28.6 Å². The summed E-state index contributed by atoms with van der Waals surface area (Å²) in [6, 6.07) is 8.05. The molecule has 1 aromatic carbocycles. The highest BCUT2D eigenvalue weighted by Gasteiger charge is 2.17. The van der Waals surface area contributed by atoms with Crippen molar-refractivity contribution in [2.45, 2.75) is 37.8 Å². The topological polar surface area (TPSA) is 75.0 Å². The summed E-state index contributed by atoms with van der Waals surface area (Å²) in [5.74, 6) is 0.178. The van der Waals surface area contributed by atoms with E-state index in [4.69, 9.17) is 4.74 Å². The predicted molar refractivity (Wildman–Crippen MR) is 98.6 cm³/mol. The monoisotopic (exact) mass is 355 g/mol. The van der Waals surface area contributed by atoms with E-state index < -0.39 is 0 Å². The zero-order valence-corrected chi connectivity index (χ0v) is 15.3. The zero-order valence-electron chi connectivity index (χ0n) is 14.5. The number of nitriles is 1. The van der Waals surface area contributed by atoms with Crippen LogP contribution in [0.3, 0.4) is 0 Å². The lowest BCUT2D eigenvalue weighted by Crippen LogP contribution is -2.32. The van der Waals surface area contributed by atoms with Crippen LogP contribution < -0.4 is 5.32 Å². The highest BCUT2D eigenvalue weighted by molar-refractivity contribution is 8.00. The van der Waals surface area contributed by atoms with E-state index in [1.54, 1.807) is 0 Å². The van der Waals surface area contributed by atoms with Crippen LogP contribution in [-0.4, -0.2) is 35.9 Å². The third-order valence-corrected chi connectivity index (χ3v) is 5.48. The second-order valence-corrected chi connectivity index (χ2v) is 7.22. The molecule has 0 spiro atoms. The molecular formula is C19H21N3O2S. The maximum Gasteiger partial charge on any atom is 0.230 e. The van der Waals surface area contributed by atoms with Crippen LogP contribution in [0, 0.1) is 25.2 Å². The van der Waals surface area contributed by atoms with Crippen molar-refractivity contribution < 1.29 is 9.53 Å². The number of rotatable bonds is 5. The first-order chi connectivity index (χ1) is 12.1. The molecule has 1 aliphatic heterocycles. The molecule has 5 nitrogen and oxygen atoms in total. The number of benzene rings is 1. The summed E-state index contributed by atoms with van der Waals surface area (Å²) in [6.45, 7) is 5.40. The Kier molecular flexibility index (Phi) is 5.57. The largest absolute Gasteiger partial charge is 0.376 e. The van der Waals surface area contributed by atoms with Gasteiger partial charge in [0.2, 0.25) is 5.91 Å². The van der Waals surface area contributed by atoms with Crippen LogP contribution in [0.5, 0.6) is 0 Å². The number of carbonyl (C=O) groups is 1. The van der Waals surface area contributed by atoms with Gasteiger partial charge in [0, 0.05) is 18.5 Å². The number of ether oxygens (including phenoxy) is 1. The molecule has 1 unspecified atom stereocenters. The van der Waals surface area contributed by atoms with E-state index >= 15 is 0 Å². The molecule has 0 bridgehead atoms. The van der Waals surface area contributed by atoms with Gasteiger partial charge in [0.25, 0.3) is 0 Å². The van der Waals surface area contributed by atoms with Gasteiger partial charge in [0.05, 0.1) is 22.9 Å². The maximum atomic E-state index is 12.1. The van der Waals surface area contributed by atoms with Crippen LogP contribution in [0.2, 0.25) is 0 Å². The Morgan fingerprint density at radius 1 is 1.48 bits per heavy atom. The number of pyridine rings is 1. The number of nitrogens with one attached hydrogen (secondary N) is 1. The Hall–Kier alpha value is -2.10. The van der Waals surface area contributed by atoms with Gasteiger partial charge in [-0.3, -0.25) is 4.79 Å². The molecule has 25 heavy (non-hydrogen) atoms. The average Bonchev–Trinajstić information content (AvgIpc) is 3.14. The van der Waals surface area contributed by atoms with E-state index in [-0.39, 0.29) is 17.8 Å². The van der Waals surface area contributed by atoms with E-state index in [1.165, 1.54) is 11.8 Å². The van der Waals surface area contributed by atoms with Crippen molar-refractivity contribution in [3.05, 3.63) is 34.9 Å². The first-order valence-corrected chi connectivity index (χ1v) is 9.39. The van der Waals surface area contributed by atoms with Crippen LogP contribution >= 0.6 is 11.8 Å². The molecule has 0 saturated carbocycles. The van der Waals surface area contributed by atoms with E-state index in [1.807, 2.05) is 32.0 Å².